The van der Waals surface area contributed by atoms with Crippen molar-refractivity contribution in [1.29, 1.82) is 0 Å². The van der Waals surface area contributed by atoms with Crippen LogP contribution >= 0.6 is 11.3 Å². The van der Waals surface area contributed by atoms with Gasteiger partial charge in [0.2, 0.25) is 5.43 Å². The monoisotopic (exact) mass is 589 g/mol. The van der Waals surface area contributed by atoms with Crippen molar-refractivity contribution in [1.82, 2.24) is 19.9 Å². The summed E-state index contributed by atoms with van der Waals surface area (Å²) in [6, 6.07) is 4.91. The van der Waals surface area contributed by atoms with Gasteiger partial charge in [0, 0.05) is 40.8 Å². The summed E-state index contributed by atoms with van der Waals surface area (Å²) in [5.74, 6) is -1.39. The van der Waals surface area contributed by atoms with E-state index in [1.54, 1.807) is 30.5 Å². The predicted octanol–water partition coefficient (Wildman–Crippen LogP) is 5.38. The Balaban J connectivity index is 1.96. The number of hydrogen-bond acceptors (Lipinski definition) is 7. The number of hydrogen-bond donors (Lipinski definition) is 4. The van der Waals surface area contributed by atoms with Crippen LogP contribution in [0.1, 0.15) is 49.3 Å². The van der Waals surface area contributed by atoms with Crippen molar-refractivity contribution in [3.8, 4) is 21.7 Å². The minimum Gasteiger partial charge on any atom is -0.477 e. The third kappa shape index (κ3) is 6.07. The number of rotatable bonds is 8. The first-order valence-electron chi connectivity index (χ1n) is 12.5. The number of aromatic nitrogens is 3. The Morgan fingerprint density at radius 3 is 2.49 bits per heavy atom. The number of amides is 2. The highest BCUT2D eigenvalue weighted by atomic mass is 32.1. The molecule has 0 radical (unpaired) electrons. The molecule has 41 heavy (non-hydrogen) atoms. The molecule has 1 aromatic carbocycles. The second kappa shape index (κ2) is 11.7. The summed E-state index contributed by atoms with van der Waals surface area (Å²) < 4.78 is 41.6. The maximum Gasteiger partial charge on any atom is 0.434 e. The number of anilines is 1. The van der Waals surface area contributed by atoms with E-state index in [4.69, 9.17) is 0 Å². The van der Waals surface area contributed by atoms with Crippen LogP contribution in [0.2, 0.25) is 0 Å². The summed E-state index contributed by atoms with van der Waals surface area (Å²) in [7, 11) is 0. The SMILES string of the molecule is CCNC(=O)Nc1cc(-c2nc(C(F)(F)F)cs2)c(-c2ccc3c(c2)c(=O)c(C(=O)O)cn3[C@H](CC)[C@@H](C)O)cn1. The molecular formula is C27H26F3N5O5S. The number of benzene rings is 1. The van der Waals surface area contributed by atoms with Gasteiger partial charge in [0.25, 0.3) is 0 Å². The average molecular weight is 590 g/mol. The number of thiazole rings is 1. The van der Waals surface area contributed by atoms with E-state index in [0.29, 0.717) is 29.6 Å². The van der Waals surface area contributed by atoms with Crippen molar-refractivity contribution < 1.29 is 33.0 Å². The molecule has 2 atom stereocenters. The molecule has 0 aliphatic rings. The lowest BCUT2D eigenvalue weighted by Gasteiger charge is -2.24. The van der Waals surface area contributed by atoms with E-state index in [1.165, 1.54) is 24.5 Å². The van der Waals surface area contributed by atoms with Crippen LogP contribution in [-0.2, 0) is 6.18 Å². The van der Waals surface area contributed by atoms with Gasteiger partial charge >= 0.3 is 18.2 Å². The molecule has 4 aromatic rings. The molecule has 0 aliphatic carbocycles. The summed E-state index contributed by atoms with van der Waals surface area (Å²) in [5.41, 5.74) is -1.12. The van der Waals surface area contributed by atoms with E-state index < -0.39 is 47.0 Å². The Bertz CT molecular complexity index is 1680. The van der Waals surface area contributed by atoms with Crippen LogP contribution in [0.4, 0.5) is 23.8 Å². The number of aliphatic hydroxyl groups is 1. The molecule has 4 rings (SSSR count). The van der Waals surface area contributed by atoms with Crippen molar-refractivity contribution in [3.05, 3.63) is 63.5 Å². The number of aromatic carboxylic acids is 1. The lowest BCUT2D eigenvalue weighted by molar-refractivity contribution is -0.140. The topological polar surface area (TPSA) is 146 Å². The molecule has 0 bridgehead atoms. The molecule has 0 fully saturated rings. The third-order valence-electron chi connectivity index (χ3n) is 6.41. The molecule has 0 spiro atoms. The molecule has 3 aromatic heterocycles. The second-order valence-electron chi connectivity index (χ2n) is 9.17. The number of carbonyl (C=O) groups is 2. The van der Waals surface area contributed by atoms with Crippen molar-refractivity contribution in [2.24, 2.45) is 0 Å². The molecule has 4 N–H and O–H groups in total. The van der Waals surface area contributed by atoms with Gasteiger partial charge < -0.3 is 20.1 Å². The van der Waals surface area contributed by atoms with Crippen LogP contribution in [0.25, 0.3) is 32.6 Å². The number of nitrogens with one attached hydrogen (secondary N) is 2. The maximum absolute atomic E-state index is 13.4. The van der Waals surface area contributed by atoms with Gasteiger partial charge in [0.1, 0.15) is 16.4 Å². The third-order valence-corrected chi connectivity index (χ3v) is 7.29. The van der Waals surface area contributed by atoms with Crippen molar-refractivity contribution in [3.63, 3.8) is 0 Å². The van der Waals surface area contributed by atoms with Crippen molar-refractivity contribution in [2.45, 2.75) is 45.5 Å². The molecule has 216 valence electrons. The number of nitrogens with zero attached hydrogens (tertiary/aromatic N) is 3. The van der Waals surface area contributed by atoms with Crippen LogP contribution < -0.4 is 16.1 Å². The summed E-state index contributed by atoms with van der Waals surface area (Å²) in [5, 5.41) is 26.0. The molecule has 10 nitrogen and oxygen atoms in total. The van der Waals surface area contributed by atoms with Gasteiger partial charge in [-0.3, -0.25) is 10.1 Å². The van der Waals surface area contributed by atoms with Crippen molar-refractivity contribution in [2.75, 3.05) is 11.9 Å². The van der Waals surface area contributed by atoms with Gasteiger partial charge in [0.15, 0.2) is 5.69 Å². The number of alkyl halides is 3. The Morgan fingerprint density at radius 2 is 1.90 bits per heavy atom. The Morgan fingerprint density at radius 1 is 1.17 bits per heavy atom. The smallest absolute Gasteiger partial charge is 0.434 e. The number of carbonyl (C=O) groups excluding carboxylic acids is 1. The lowest BCUT2D eigenvalue weighted by Crippen LogP contribution is -2.28. The van der Waals surface area contributed by atoms with E-state index >= 15 is 0 Å². The first-order chi connectivity index (χ1) is 19.3. The minimum atomic E-state index is -4.68. The van der Waals surface area contributed by atoms with E-state index in [2.05, 4.69) is 20.6 Å². The largest absolute Gasteiger partial charge is 0.477 e. The van der Waals surface area contributed by atoms with Gasteiger partial charge in [-0.05, 0) is 44.0 Å². The number of carboxylic acid groups (broad SMARTS) is 1. The highest BCUT2D eigenvalue weighted by molar-refractivity contribution is 7.13. The zero-order valence-corrected chi connectivity index (χ0v) is 22.9. The van der Waals surface area contributed by atoms with Crippen LogP contribution in [0.3, 0.4) is 0 Å². The fraction of sp³-hybridized carbons (Fsp3) is 0.296. The standard InChI is InChI=1S/C27H26F3N5O5S/c1-4-19(13(3)36)35-11-18(25(38)39)23(37)16-8-14(6-7-20(16)35)17-10-32-22(34-26(40)31-5-2)9-15(17)24-33-21(12-41-24)27(28,29)30/h6-13,19,36H,4-5H2,1-3H3,(H,38,39)(H2,31,32,34,40)/t13-,19-/m1/s1. The Labute approximate surface area is 235 Å². The highest BCUT2D eigenvalue weighted by Gasteiger charge is 2.34. The summed E-state index contributed by atoms with van der Waals surface area (Å²) >= 11 is 0.743. The predicted molar refractivity (Wildman–Crippen MR) is 148 cm³/mol. The highest BCUT2D eigenvalue weighted by Crippen LogP contribution is 2.39. The summed E-state index contributed by atoms with van der Waals surface area (Å²) in [4.78, 5) is 45.2. The number of urea groups is 1. The number of carboxylic acids is 1. The quantitative estimate of drug-likeness (QED) is 0.216. The van der Waals surface area contributed by atoms with E-state index in [9.17, 15) is 37.8 Å². The number of fused-ring (bicyclic) bond motifs is 1. The van der Waals surface area contributed by atoms with Gasteiger partial charge in [-0.2, -0.15) is 13.2 Å². The van der Waals surface area contributed by atoms with Crippen LogP contribution in [0.5, 0.6) is 0 Å². The molecule has 0 unspecified atom stereocenters. The summed E-state index contributed by atoms with van der Waals surface area (Å²) in [6.45, 7) is 5.42. The Kier molecular flexibility index (Phi) is 8.44. The van der Waals surface area contributed by atoms with Crippen molar-refractivity contribution >= 4 is 40.1 Å². The van der Waals surface area contributed by atoms with E-state index in [-0.39, 0.29) is 21.8 Å². The maximum atomic E-state index is 13.4. The van der Waals surface area contributed by atoms with Gasteiger partial charge in [-0.15, -0.1) is 11.3 Å². The minimum absolute atomic E-state index is 0.00868. The zero-order valence-electron chi connectivity index (χ0n) is 22.1. The van der Waals surface area contributed by atoms with Gasteiger partial charge in [-0.25, -0.2) is 19.6 Å². The summed E-state index contributed by atoms with van der Waals surface area (Å²) in [6.07, 6.45) is -2.56. The second-order valence-corrected chi connectivity index (χ2v) is 10.0. The van der Waals surface area contributed by atoms with Crippen LogP contribution in [0.15, 0.2) is 46.8 Å². The zero-order chi connectivity index (χ0) is 30.1. The molecule has 0 saturated heterocycles. The van der Waals surface area contributed by atoms with Crippen LogP contribution in [0, 0.1) is 0 Å². The molecule has 0 aliphatic heterocycles. The first kappa shape index (κ1) is 29.7. The molecule has 14 heteroatoms. The Hall–Kier alpha value is -4.30. The average Bonchev–Trinajstić information content (AvgIpc) is 3.41. The number of halogens is 3. The molecule has 0 saturated carbocycles. The molecule has 2 amide bonds. The van der Waals surface area contributed by atoms with E-state index in [1.807, 2.05) is 6.92 Å². The number of pyridine rings is 2. The first-order valence-corrected chi connectivity index (χ1v) is 13.4. The number of aliphatic hydroxyl groups excluding tert-OH is 1. The van der Waals surface area contributed by atoms with E-state index in [0.717, 1.165) is 16.7 Å². The normalized spacial score (nSPS) is 13.1. The van der Waals surface area contributed by atoms with Crippen LogP contribution in [-0.4, -0.2) is 49.4 Å². The molecular weight excluding hydrogens is 563 g/mol. The fourth-order valence-electron chi connectivity index (χ4n) is 4.50. The van der Waals surface area contributed by atoms with Gasteiger partial charge in [0.05, 0.1) is 17.7 Å². The fourth-order valence-corrected chi connectivity index (χ4v) is 5.36. The van der Waals surface area contributed by atoms with Gasteiger partial charge in [-0.1, -0.05) is 13.0 Å². The lowest BCUT2D eigenvalue weighted by atomic mass is 9.98. The molecule has 3 heterocycles.